The van der Waals surface area contributed by atoms with E-state index in [4.69, 9.17) is 4.74 Å². The van der Waals surface area contributed by atoms with Gasteiger partial charge in [-0.05, 0) is 38.5 Å². The zero-order valence-electron chi connectivity index (χ0n) is 14.9. The average Bonchev–Trinajstić information content (AvgIpc) is 3.05. The topological polar surface area (TPSA) is 62.9 Å². The van der Waals surface area contributed by atoms with Crippen LogP contribution in [0.15, 0.2) is 24.3 Å². The van der Waals surface area contributed by atoms with Crippen molar-refractivity contribution in [1.29, 1.82) is 0 Å². The third-order valence-electron chi connectivity index (χ3n) is 4.53. The number of hydrogen-bond donors (Lipinski definition) is 1. The molecule has 3 atom stereocenters. The molecule has 2 aromatic heterocycles. The third-order valence-corrected chi connectivity index (χ3v) is 5.60. The van der Waals surface area contributed by atoms with Crippen molar-refractivity contribution in [3.05, 3.63) is 46.3 Å². The summed E-state index contributed by atoms with van der Waals surface area (Å²) < 4.78 is 21.2. The Morgan fingerprint density at radius 3 is 2.69 bits per heavy atom. The second-order valence-corrected chi connectivity index (χ2v) is 7.82. The molecule has 1 N–H and O–H groups in total. The predicted octanol–water partition coefficient (Wildman–Crippen LogP) is 3.14. The van der Waals surface area contributed by atoms with E-state index in [0.717, 1.165) is 5.56 Å². The average molecular weight is 376 g/mol. The maximum Gasteiger partial charge on any atom is 0.230 e. The van der Waals surface area contributed by atoms with Gasteiger partial charge in [0.25, 0.3) is 0 Å². The van der Waals surface area contributed by atoms with Crippen molar-refractivity contribution in [3.8, 4) is 5.88 Å². The molecule has 0 aliphatic carbocycles. The number of halogens is 1. The first-order valence-electron chi connectivity index (χ1n) is 8.62. The lowest BCUT2D eigenvalue weighted by molar-refractivity contribution is -0.0764. The number of rotatable bonds is 3. The summed E-state index contributed by atoms with van der Waals surface area (Å²) in [5.41, 5.74) is 0.794. The van der Waals surface area contributed by atoms with E-state index in [1.54, 1.807) is 13.0 Å². The first-order chi connectivity index (χ1) is 12.4. The molecule has 1 aromatic carbocycles. The molecule has 0 radical (unpaired) electrons. The molecule has 0 spiro atoms. The number of nitrogens with zero attached hydrogens (tertiary/aromatic N) is 4. The fourth-order valence-corrected chi connectivity index (χ4v) is 4.82. The van der Waals surface area contributed by atoms with Crippen molar-refractivity contribution in [1.82, 2.24) is 19.5 Å². The van der Waals surface area contributed by atoms with E-state index < -0.39 is 0 Å². The Morgan fingerprint density at radius 2 is 2.04 bits per heavy atom. The molecule has 8 heteroatoms. The maximum absolute atomic E-state index is 13.9. The highest BCUT2D eigenvalue weighted by molar-refractivity contribution is 7.17. The first kappa shape index (κ1) is 17.4. The molecule has 4 rings (SSSR count). The van der Waals surface area contributed by atoms with Crippen LogP contribution in [0.1, 0.15) is 36.2 Å². The molecule has 0 bridgehead atoms. The summed E-state index contributed by atoms with van der Waals surface area (Å²) in [6.07, 6.45) is 0.114. The molecule has 1 aliphatic rings. The van der Waals surface area contributed by atoms with Crippen LogP contribution in [0.3, 0.4) is 0 Å². The lowest BCUT2D eigenvalue weighted by Crippen LogP contribution is -2.47. The Morgan fingerprint density at radius 1 is 1.31 bits per heavy atom. The van der Waals surface area contributed by atoms with Gasteiger partial charge in [0.1, 0.15) is 11.6 Å². The highest BCUT2D eigenvalue weighted by Crippen LogP contribution is 2.40. The molecule has 0 saturated carbocycles. The predicted molar refractivity (Wildman–Crippen MR) is 97.1 cm³/mol. The minimum atomic E-state index is -0.295. The highest BCUT2D eigenvalue weighted by Gasteiger charge is 2.34. The summed E-state index contributed by atoms with van der Waals surface area (Å²) in [7, 11) is 0. The van der Waals surface area contributed by atoms with Crippen molar-refractivity contribution in [2.75, 3.05) is 13.1 Å². The van der Waals surface area contributed by atoms with Gasteiger partial charge in [-0.15, -0.1) is 5.10 Å². The standard InChI is InChI=1S/C18H21FN4O2S/c1-10-8-22(9-11(2)25-10)15(13-5-4-6-14(19)7-13)16-17(24)23-18(26-16)20-12(3)21-23/h4-7,10-11,15,24H,8-9H2,1-3H3/t10-,11-,15-/m1/s1. The Hall–Kier alpha value is -2.03. The normalized spacial score (nSPS) is 22.8. The van der Waals surface area contributed by atoms with Crippen LogP contribution < -0.4 is 0 Å². The smallest absolute Gasteiger partial charge is 0.230 e. The van der Waals surface area contributed by atoms with E-state index >= 15 is 0 Å². The molecule has 1 fully saturated rings. The van der Waals surface area contributed by atoms with Gasteiger partial charge >= 0.3 is 0 Å². The number of benzene rings is 1. The van der Waals surface area contributed by atoms with Crippen LogP contribution in [0.25, 0.3) is 4.96 Å². The minimum absolute atomic E-state index is 0.0568. The zero-order chi connectivity index (χ0) is 18.4. The van der Waals surface area contributed by atoms with E-state index in [9.17, 15) is 9.50 Å². The molecule has 1 aliphatic heterocycles. The fourth-order valence-electron chi connectivity index (χ4n) is 3.66. The Bertz CT molecular complexity index is 931. The third kappa shape index (κ3) is 3.08. The van der Waals surface area contributed by atoms with E-state index in [1.165, 1.54) is 28.0 Å². The van der Waals surface area contributed by atoms with Crippen LogP contribution in [0.4, 0.5) is 4.39 Å². The summed E-state index contributed by atoms with van der Waals surface area (Å²) in [6, 6.07) is 6.25. The number of aromatic nitrogens is 3. The number of aromatic hydroxyl groups is 1. The number of ether oxygens (including phenoxy) is 1. The lowest BCUT2D eigenvalue weighted by atomic mass is 10.0. The van der Waals surface area contributed by atoms with Crippen molar-refractivity contribution >= 4 is 16.3 Å². The molecular weight excluding hydrogens is 355 g/mol. The maximum atomic E-state index is 13.9. The zero-order valence-corrected chi connectivity index (χ0v) is 15.7. The molecule has 26 heavy (non-hydrogen) atoms. The van der Waals surface area contributed by atoms with E-state index in [0.29, 0.717) is 28.8 Å². The van der Waals surface area contributed by atoms with Crippen molar-refractivity contribution in [2.45, 2.75) is 39.0 Å². The molecule has 0 unspecified atom stereocenters. The number of thiazole rings is 1. The summed E-state index contributed by atoms with van der Waals surface area (Å²) in [5, 5.41) is 15.0. The quantitative estimate of drug-likeness (QED) is 0.761. The van der Waals surface area contributed by atoms with Crippen LogP contribution in [0.2, 0.25) is 0 Å². The largest absolute Gasteiger partial charge is 0.492 e. The van der Waals surface area contributed by atoms with E-state index in [1.807, 2.05) is 19.9 Å². The van der Waals surface area contributed by atoms with E-state index in [2.05, 4.69) is 15.0 Å². The van der Waals surface area contributed by atoms with Crippen molar-refractivity contribution in [2.24, 2.45) is 0 Å². The van der Waals surface area contributed by atoms with Gasteiger partial charge in [-0.3, -0.25) is 4.90 Å². The van der Waals surface area contributed by atoms with Crippen LogP contribution >= 0.6 is 11.3 Å². The van der Waals surface area contributed by atoms with Gasteiger partial charge in [-0.2, -0.15) is 4.52 Å². The van der Waals surface area contributed by atoms with Crippen molar-refractivity contribution in [3.63, 3.8) is 0 Å². The van der Waals surface area contributed by atoms with Crippen LogP contribution in [0.5, 0.6) is 5.88 Å². The van der Waals surface area contributed by atoms with Crippen molar-refractivity contribution < 1.29 is 14.2 Å². The Labute approximate surface area is 154 Å². The lowest BCUT2D eigenvalue weighted by Gasteiger charge is -2.40. The van der Waals surface area contributed by atoms with Gasteiger partial charge in [0.2, 0.25) is 10.8 Å². The summed E-state index contributed by atoms with van der Waals surface area (Å²) in [4.78, 5) is 7.93. The first-order valence-corrected chi connectivity index (χ1v) is 9.44. The molecular formula is C18H21FN4O2S. The van der Waals surface area contributed by atoms with Gasteiger partial charge in [0.05, 0.1) is 23.1 Å². The number of hydrogen-bond acceptors (Lipinski definition) is 6. The van der Waals surface area contributed by atoms with Crippen LogP contribution in [-0.4, -0.2) is 49.9 Å². The summed E-state index contributed by atoms with van der Waals surface area (Å²) in [5.74, 6) is 0.373. The highest BCUT2D eigenvalue weighted by atomic mass is 32.1. The monoisotopic (exact) mass is 376 g/mol. The van der Waals surface area contributed by atoms with Gasteiger partial charge in [0.15, 0.2) is 0 Å². The Balaban J connectivity index is 1.84. The van der Waals surface area contributed by atoms with Gasteiger partial charge in [-0.1, -0.05) is 23.5 Å². The number of aryl methyl sites for hydroxylation is 1. The van der Waals surface area contributed by atoms with Crippen LogP contribution in [0, 0.1) is 12.7 Å². The summed E-state index contributed by atoms with van der Waals surface area (Å²) in [6.45, 7) is 7.22. The molecule has 3 heterocycles. The summed E-state index contributed by atoms with van der Waals surface area (Å²) >= 11 is 1.38. The van der Waals surface area contributed by atoms with E-state index in [-0.39, 0.29) is 29.9 Å². The Kier molecular flexibility index (Phi) is 4.42. The van der Waals surface area contributed by atoms with Gasteiger partial charge in [0, 0.05) is 13.1 Å². The number of morpholine rings is 1. The molecule has 3 aromatic rings. The second-order valence-electron chi connectivity index (χ2n) is 6.81. The minimum Gasteiger partial charge on any atom is -0.492 e. The van der Waals surface area contributed by atoms with Gasteiger partial charge in [-0.25, -0.2) is 9.37 Å². The van der Waals surface area contributed by atoms with Gasteiger partial charge < -0.3 is 9.84 Å². The molecule has 6 nitrogen and oxygen atoms in total. The number of fused-ring (bicyclic) bond motifs is 1. The molecule has 138 valence electrons. The fraction of sp³-hybridized carbons (Fsp3) is 0.444. The SMILES string of the molecule is Cc1nc2sc([C@@H](c3cccc(F)c3)N3C[C@@H](C)O[C@H](C)C3)c(O)n2n1. The molecule has 0 amide bonds. The molecule has 1 saturated heterocycles. The second kappa shape index (κ2) is 6.61. The van der Waals surface area contributed by atoms with Crippen LogP contribution in [-0.2, 0) is 4.74 Å².